The number of hydrogen-bond donors (Lipinski definition) is 1. The van der Waals surface area contributed by atoms with Crippen molar-refractivity contribution in [3.05, 3.63) is 47.9 Å². The van der Waals surface area contributed by atoms with Crippen molar-refractivity contribution < 1.29 is 28.7 Å². The van der Waals surface area contributed by atoms with Crippen LogP contribution in [0.5, 0.6) is 0 Å². The Labute approximate surface area is 215 Å². The first-order valence-corrected chi connectivity index (χ1v) is 12.9. The molecule has 1 unspecified atom stereocenters. The summed E-state index contributed by atoms with van der Waals surface area (Å²) in [6.07, 6.45) is 5.01. The molecule has 36 heavy (non-hydrogen) atoms. The van der Waals surface area contributed by atoms with Crippen molar-refractivity contribution in [1.29, 1.82) is 0 Å². The van der Waals surface area contributed by atoms with Gasteiger partial charge in [0.25, 0.3) is 5.91 Å². The highest BCUT2D eigenvalue weighted by molar-refractivity contribution is 8.13. The van der Waals surface area contributed by atoms with Crippen molar-refractivity contribution in [2.45, 2.75) is 40.2 Å². The van der Waals surface area contributed by atoms with Gasteiger partial charge >= 0.3 is 5.97 Å². The van der Waals surface area contributed by atoms with Crippen LogP contribution in [0.1, 0.15) is 55.0 Å². The minimum atomic E-state index is -0.612. The molecule has 2 aromatic heterocycles. The van der Waals surface area contributed by atoms with Gasteiger partial charge in [-0.15, -0.1) is 0 Å². The van der Waals surface area contributed by atoms with Crippen molar-refractivity contribution in [2.24, 2.45) is 11.8 Å². The Balaban J connectivity index is 2.02. The van der Waals surface area contributed by atoms with Crippen LogP contribution in [0.25, 0.3) is 11.3 Å². The van der Waals surface area contributed by atoms with Crippen LogP contribution < -0.4 is 5.32 Å². The second-order valence-corrected chi connectivity index (χ2v) is 9.60. The molecule has 0 aliphatic heterocycles. The van der Waals surface area contributed by atoms with Crippen molar-refractivity contribution in [1.82, 2.24) is 15.3 Å². The van der Waals surface area contributed by atoms with Crippen molar-refractivity contribution >= 4 is 34.5 Å². The van der Waals surface area contributed by atoms with E-state index in [0.717, 1.165) is 11.8 Å². The summed E-state index contributed by atoms with van der Waals surface area (Å²) in [4.78, 5) is 56.7. The predicted octanol–water partition coefficient (Wildman–Crippen LogP) is 3.58. The van der Waals surface area contributed by atoms with Crippen LogP contribution in [0.4, 0.5) is 0 Å². The molecule has 2 rings (SSSR count). The largest absolute Gasteiger partial charge is 0.463 e. The Morgan fingerprint density at radius 2 is 1.69 bits per heavy atom. The van der Waals surface area contributed by atoms with E-state index in [0.29, 0.717) is 16.8 Å². The quantitative estimate of drug-likeness (QED) is 0.242. The highest BCUT2D eigenvalue weighted by atomic mass is 32.2. The molecule has 10 heteroatoms. The zero-order chi connectivity index (χ0) is 26.7. The Bertz CT molecular complexity index is 1040. The smallest absolute Gasteiger partial charge is 0.308 e. The molecule has 0 aromatic carbocycles. The fraction of sp³-hybridized carbons (Fsp3) is 0.462. The lowest BCUT2D eigenvalue weighted by atomic mass is 10.0. The number of hydrogen-bond acceptors (Lipinski definition) is 9. The van der Waals surface area contributed by atoms with Gasteiger partial charge in [-0.05, 0) is 30.5 Å². The van der Waals surface area contributed by atoms with Gasteiger partial charge in [0.05, 0.1) is 30.9 Å². The van der Waals surface area contributed by atoms with E-state index in [1.54, 1.807) is 44.4 Å². The molecule has 194 valence electrons. The van der Waals surface area contributed by atoms with Gasteiger partial charge in [-0.3, -0.25) is 29.1 Å². The average Bonchev–Trinajstić information content (AvgIpc) is 2.88. The molecule has 0 saturated carbocycles. The highest BCUT2D eigenvalue weighted by Gasteiger charge is 2.19. The number of carbonyl (C=O) groups is 4. The maximum Gasteiger partial charge on any atom is 0.308 e. The van der Waals surface area contributed by atoms with Crippen LogP contribution >= 0.6 is 11.8 Å². The molecule has 0 spiro atoms. The molecule has 2 aromatic rings. The van der Waals surface area contributed by atoms with E-state index in [4.69, 9.17) is 9.47 Å². The number of nitrogens with zero attached hydrogens (tertiary/aromatic N) is 2. The third kappa shape index (κ3) is 9.16. The molecule has 0 aliphatic rings. The number of thioether (sulfide) groups is 1. The number of pyridine rings is 2. The highest BCUT2D eigenvalue weighted by Crippen LogP contribution is 2.18. The topological polar surface area (TPSA) is 125 Å². The van der Waals surface area contributed by atoms with Crippen LogP contribution in [0.2, 0.25) is 0 Å². The van der Waals surface area contributed by atoms with Crippen molar-refractivity contribution in [3.8, 4) is 11.3 Å². The molecule has 0 fully saturated rings. The number of ether oxygens (including phenoxy) is 2. The Morgan fingerprint density at radius 3 is 2.25 bits per heavy atom. The lowest BCUT2D eigenvalue weighted by molar-refractivity contribution is -0.148. The molecule has 0 bridgehead atoms. The minimum absolute atomic E-state index is 0.00163. The summed E-state index contributed by atoms with van der Waals surface area (Å²) in [5, 5.41) is 2.77. The number of rotatable bonds is 13. The molecule has 1 amide bonds. The molecule has 2 heterocycles. The molecule has 0 saturated heterocycles. The molecule has 0 aliphatic carbocycles. The first-order chi connectivity index (χ1) is 17.1. The number of Topliss-reactive ketones (excluding diaryl/α,β-unsaturated/α-hetero) is 1. The summed E-state index contributed by atoms with van der Waals surface area (Å²) in [6.45, 7) is 7.31. The molecular weight excluding hydrogens is 482 g/mol. The first kappa shape index (κ1) is 29.1. The molecule has 9 nitrogen and oxygen atoms in total. The van der Waals surface area contributed by atoms with Gasteiger partial charge in [-0.1, -0.05) is 39.5 Å². The number of carbonyl (C=O) groups excluding carboxylic acids is 4. The fourth-order valence-corrected chi connectivity index (χ4v) is 3.23. The lowest BCUT2D eigenvalue weighted by Gasteiger charge is -2.19. The van der Waals surface area contributed by atoms with Gasteiger partial charge < -0.3 is 14.8 Å². The summed E-state index contributed by atoms with van der Waals surface area (Å²) in [6, 6.07) is 6.13. The summed E-state index contributed by atoms with van der Waals surface area (Å²) in [7, 11) is 0. The van der Waals surface area contributed by atoms with Crippen LogP contribution in [-0.2, 0) is 19.1 Å². The Kier molecular flexibility index (Phi) is 11.7. The SMILES string of the molecule is CSC(=O)CCOCC(COC(=O)C(C)C)NC(=O)c1ccc(-c2ccc(C(=O)C(C)C)cn2)cn1. The van der Waals surface area contributed by atoms with E-state index in [9.17, 15) is 19.2 Å². The number of amides is 1. The second kappa shape index (κ2) is 14.4. The maximum atomic E-state index is 12.8. The van der Waals surface area contributed by atoms with E-state index >= 15 is 0 Å². The number of nitrogens with one attached hydrogen (secondary N) is 1. The first-order valence-electron chi connectivity index (χ1n) is 11.7. The summed E-state index contributed by atoms with van der Waals surface area (Å²) in [5.74, 6) is -1.24. The normalized spacial score (nSPS) is 11.9. The maximum absolute atomic E-state index is 12.8. The van der Waals surface area contributed by atoms with Gasteiger partial charge in [0.1, 0.15) is 12.3 Å². The van der Waals surface area contributed by atoms with E-state index in [2.05, 4.69) is 15.3 Å². The van der Waals surface area contributed by atoms with E-state index in [-0.39, 0.29) is 60.6 Å². The predicted molar refractivity (Wildman–Crippen MR) is 138 cm³/mol. The zero-order valence-electron chi connectivity index (χ0n) is 21.3. The zero-order valence-corrected chi connectivity index (χ0v) is 22.1. The van der Waals surface area contributed by atoms with Crippen LogP contribution in [-0.4, -0.2) is 64.9 Å². The molecule has 1 atom stereocenters. The Morgan fingerprint density at radius 1 is 0.944 bits per heavy atom. The summed E-state index contributed by atoms with van der Waals surface area (Å²) in [5.41, 5.74) is 2.03. The Hall–Kier alpha value is -3.11. The van der Waals surface area contributed by atoms with Gasteiger partial charge in [0.2, 0.25) is 0 Å². The van der Waals surface area contributed by atoms with Crippen molar-refractivity contribution in [3.63, 3.8) is 0 Å². The van der Waals surface area contributed by atoms with Crippen LogP contribution in [0.15, 0.2) is 36.7 Å². The third-order valence-corrected chi connectivity index (χ3v) is 5.75. The number of aromatic nitrogens is 2. The van der Waals surface area contributed by atoms with Gasteiger partial charge in [-0.2, -0.15) is 0 Å². The number of esters is 1. The van der Waals surface area contributed by atoms with E-state index in [1.165, 1.54) is 12.4 Å². The molecule has 1 N–H and O–H groups in total. The fourth-order valence-electron chi connectivity index (χ4n) is 2.95. The average molecular weight is 516 g/mol. The van der Waals surface area contributed by atoms with Crippen LogP contribution in [0.3, 0.4) is 0 Å². The molecule has 0 radical (unpaired) electrons. The standard InChI is InChI=1S/C26H33N3O6S/c1-16(2)24(31)19-7-8-21(27-13-19)18-6-9-22(28-12-18)25(32)29-20(15-35-26(33)17(3)4)14-34-11-10-23(30)36-5/h6-9,12-13,16-17,20H,10-11,14-15H2,1-5H3,(H,29,32). The van der Waals surface area contributed by atoms with Crippen LogP contribution in [0, 0.1) is 11.8 Å². The van der Waals surface area contributed by atoms with Gasteiger partial charge in [-0.25, -0.2) is 0 Å². The summed E-state index contributed by atoms with van der Waals surface area (Å²) >= 11 is 1.13. The van der Waals surface area contributed by atoms with Gasteiger partial charge in [0.15, 0.2) is 10.9 Å². The third-order valence-electron chi connectivity index (χ3n) is 5.09. The lowest BCUT2D eigenvalue weighted by Crippen LogP contribution is -2.42. The molecular formula is C26H33N3O6S. The van der Waals surface area contributed by atoms with Crippen molar-refractivity contribution in [2.75, 3.05) is 26.1 Å². The van der Waals surface area contributed by atoms with E-state index in [1.807, 2.05) is 13.8 Å². The van der Waals surface area contributed by atoms with E-state index < -0.39 is 11.9 Å². The van der Waals surface area contributed by atoms with Gasteiger partial charge in [0, 0.05) is 35.9 Å². The monoisotopic (exact) mass is 515 g/mol. The summed E-state index contributed by atoms with van der Waals surface area (Å²) < 4.78 is 10.8. The second-order valence-electron chi connectivity index (χ2n) is 8.74. The minimum Gasteiger partial charge on any atom is -0.463 e. The number of ketones is 1.